The van der Waals surface area contributed by atoms with Crippen LogP contribution >= 0.6 is 21.6 Å². The highest BCUT2D eigenvalue weighted by molar-refractivity contribution is 8.76. The molecule has 0 radical (unpaired) electrons. The molecule has 10 rings (SSSR count). The molecule has 0 spiro atoms. The molecule has 0 bridgehead atoms. The summed E-state index contributed by atoms with van der Waals surface area (Å²) in [6, 6.07) is -8.16. The maximum Gasteiger partial charge on any atom is 0.413 e. The molecule has 40 nitrogen and oxygen atoms in total. The molecule has 5 heterocycles. The topological polar surface area (TPSA) is 597 Å². The number of nitrogens with zero attached hydrogens (tertiary/aromatic N) is 5. The number of benzene rings is 1. The van der Waals surface area contributed by atoms with Gasteiger partial charge in [-0.2, -0.15) is 0 Å². The number of alkyl carbamates (subject to hydrolysis) is 1. The van der Waals surface area contributed by atoms with Gasteiger partial charge in [0.1, 0.15) is 72.5 Å². The number of unbranched alkanes of at least 4 members (excludes halogenated alkanes) is 2. The number of H-pyrrole nitrogens is 1. The minimum Gasteiger partial charge on any atom is -0.480 e. The second-order valence-corrected chi connectivity index (χ2v) is 38.4. The molecule has 15 amide bonds. The zero-order valence-electron chi connectivity index (χ0n) is 76.1. The van der Waals surface area contributed by atoms with Crippen molar-refractivity contribution in [2.45, 2.75) is 279 Å². The number of rotatable bonds is 39. The number of carboxylic acids is 1. The summed E-state index contributed by atoms with van der Waals surface area (Å²) in [6.07, 6.45) is 12.4. The number of ether oxygens (including phenoxy) is 1. The summed E-state index contributed by atoms with van der Waals surface area (Å²) >= 11 is 0. The van der Waals surface area contributed by atoms with Crippen LogP contribution in [-0.2, 0) is 89.5 Å². The molecule has 726 valence electrons. The number of amides is 15. The number of aliphatic carboxylic acids is 1. The van der Waals surface area contributed by atoms with Gasteiger partial charge in [0.2, 0.25) is 82.7 Å². The van der Waals surface area contributed by atoms with Crippen molar-refractivity contribution in [3.05, 3.63) is 54.1 Å². The predicted octanol–water partition coefficient (Wildman–Crippen LogP) is 0.471. The van der Waals surface area contributed by atoms with E-state index in [2.05, 4.69) is 113 Å². The number of guanidine groups is 2. The van der Waals surface area contributed by atoms with Gasteiger partial charge in [0, 0.05) is 107 Å². The molecule has 8 aliphatic rings. The summed E-state index contributed by atoms with van der Waals surface area (Å²) in [7, 11) is 1.82. The number of carbonyl (C=O) groups is 16. The van der Waals surface area contributed by atoms with E-state index in [4.69, 9.17) is 21.9 Å². The van der Waals surface area contributed by atoms with E-state index in [9.17, 15) is 62.6 Å². The van der Waals surface area contributed by atoms with Gasteiger partial charge in [-0.25, -0.2) is 14.6 Å². The van der Waals surface area contributed by atoms with Gasteiger partial charge in [-0.15, -0.1) is 23.7 Å². The largest absolute Gasteiger partial charge is 0.480 e. The molecule has 21 N–H and O–H groups in total. The van der Waals surface area contributed by atoms with Crippen LogP contribution in [0.3, 0.4) is 0 Å². The van der Waals surface area contributed by atoms with E-state index < -0.39 is 168 Å². The van der Waals surface area contributed by atoms with Crippen LogP contribution in [0.25, 0.3) is 0 Å². The molecule has 4 unspecified atom stereocenters. The number of aromatic nitrogens is 2. The van der Waals surface area contributed by atoms with E-state index in [1.165, 1.54) is 22.3 Å². The summed E-state index contributed by atoms with van der Waals surface area (Å²) in [4.78, 5) is 248. The van der Waals surface area contributed by atoms with Crippen molar-refractivity contribution < 1.29 is 86.6 Å². The van der Waals surface area contributed by atoms with Gasteiger partial charge >= 0.3 is 12.1 Å². The number of carbonyl (C=O) groups excluding carboxylic acids is 15. The summed E-state index contributed by atoms with van der Waals surface area (Å²) in [5.74, 6) is 2.09. The number of aliphatic imine (C=N–C) groups is 2. The Balaban J connectivity index is 0.890. The standard InChI is InChI=1S/C91H132N22O18S2/c1-4-5-29-63-79(119)109-71(84(124)108-69(88(128)129)45-54-23-11-10-12-24-54)51-133-132-50-70(83(123)107-68(46-55-47-95-52-100-55)82(122)102-62(77(117)99-48-76(116)112-42-21-33-72(112)85(125)103-63)30-17-18-39-96-74(114)37-35-60-56-25-13-6-7-14-26-57(56)60)110-81(121)67(44-53(2)3)106-78(118)64(31-19-40-97-89(92)93)104-86(126)73-34-22-43-113(73)87(127)66(105-80(120)65-36-38-75(115)101-65)32-20-41-98-90(94)111-91(130)131-49-61-58-27-15-8-9-16-28-59(58)61/h10-12,23-24,47,52-53,56-73H,4-5,13-22,25-46,48-51H2,1-3H3,(H,95,100)(H,96,114)(H,99,117)(H,101,115)(H,102,122)(H,103,125)(H,104,126)(H,105,120)(H,106,118)(H,107,123)(H,108,124)(H,109,119)(H,110,121)(H,128,129)(H4,92,93,97)(H3,94,98,111,130)/t56?,57?,58?,59?,60?,61?,62-,63-,64-,65-,66-,67-,68-,69-,70-,71-,72-,73-/m0/s1. The molecule has 4 aliphatic heterocycles. The highest BCUT2D eigenvalue weighted by atomic mass is 33.1. The lowest BCUT2D eigenvalue weighted by Gasteiger charge is -2.31. The molecule has 2 saturated carbocycles. The summed E-state index contributed by atoms with van der Waals surface area (Å²) < 4.78 is 5.51. The number of nitrogens with one attached hydrogen (secondary N) is 14. The Bertz CT molecular complexity index is 4560. The van der Waals surface area contributed by atoms with Gasteiger partial charge in [-0.05, 0) is 169 Å². The molecular formula is C91H132N22O18S2. The highest BCUT2D eigenvalue weighted by Crippen LogP contribution is 2.55. The van der Waals surface area contributed by atoms with Crippen LogP contribution in [0.2, 0.25) is 0 Å². The lowest BCUT2D eigenvalue weighted by atomic mass is 10.0. The second-order valence-electron chi connectivity index (χ2n) is 35.8. The second kappa shape index (κ2) is 52.7. The molecule has 1 aromatic carbocycles. The van der Waals surface area contributed by atoms with Gasteiger partial charge in [-0.3, -0.25) is 82.4 Å². The van der Waals surface area contributed by atoms with Crippen molar-refractivity contribution in [2.75, 3.05) is 57.4 Å². The summed E-state index contributed by atoms with van der Waals surface area (Å²) in [5, 5.41) is 46.0. The van der Waals surface area contributed by atoms with Crippen molar-refractivity contribution in [3.8, 4) is 23.7 Å². The Kier molecular flexibility index (Phi) is 41.0. The molecule has 42 heteroatoms. The van der Waals surface area contributed by atoms with Crippen LogP contribution in [-0.4, -0.2) is 261 Å². The molecule has 133 heavy (non-hydrogen) atoms. The van der Waals surface area contributed by atoms with Crippen LogP contribution in [0.4, 0.5) is 4.79 Å². The lowest BCUT2D eigenvalue weighted by Crippen LogP contribution is -2.61. The SMILES string of the molecule is CCCC[C@@H]1NC(=O)[C@@H]2CCCN2C(=O)CNC(=O)[C@H](CCCCNC(=O)CCC2C3CCC#CCCC32)NC(=O)[C@H](Cc2cnc[nH]2)NC(=O)[C@@H](NC(=O)[C@H](CC(C)C)NC(=O)[C@H](CCCN=C(N)N)NC(=O)[C@@H]2CCCN2C(=O)[C@H](CCCN=C(N)NC(=O)OCC2C3CCC#CCCC32)NC(=O)[C@@H]2CCC(=O)N2)CSSC[C@@H](C(=O)N[C@@H](Cc2ccccc2)C(=O)O)NC1=O. The van der Waals surface area contributed by atoms with Crippen molar-refractivity contribution in [2.24, 2.45) is 68.6 Å². The average molecular weight is 1890 g/mol. The maximum absolute atomic E-state index is 15.5. The minimum atomic E-state index is -1.68. The van der Waals surface area contributed by atoms with E-state index in [0.717, 1.165) is 79.4 Å². The fourth-order valence-electron chi connectivity index (χ4n) is 18.3. The van der Waals surface area contributed by atoms with Gasteiger partial charge in [0.25, 0.3) is 0 Å². The highest BCUT2D eigenvalue weighted by Gasteiger charge is 2.51. The molecule has 6 fully saturated rings. The van der Waals surface area contributed by atoms with E-state index in [0.29, 0.717) is 79.4 Å². The maximum atomic E-state index is 15.5. The fraction of sp³-hybridized carbons (Fsp3) is 0.659. The summed E-state index contributed by atoms with van der Waals surface area (Å²) in [5.41, 5.74) is 18.4. The van der Waals surface area contributed by atoms with Crippen molar-refractivity contribution >= 4 is 128 Å². The first-order valence-electron chi connectivity index (χ1n) is 46.9. The van der Waals surface area contributed by atoms with Gasteiger partial charge in [-0.1, -0.05) is 85.5 Å². The number of nitrogens with two attached hydrogens (primary N) is 3. The first-order valence-corrected chi connectivity index (χ1v) is 49.4. The van der Waals surface area contributed by atoms with Crippen LogP contribution in [0.1, 0.15) is 205 Å². The Morgan fingerprint density at radius 1 is 0.624 bits per heavy atom. The van der Waals surface area contributed by atoms with Crippen LogP contribution < -0.4 is 86.3 Å². The van der Waals surface area contributed by atoms with Crippen LogP contribution in [0.5, 0.6) is 0 Å². The number of imidazole rings is 1. The Morgan fingerprint density at radius 2 is 1.25 bits per heavy atom. The smallest absolute Gasteiger partial charge is 0.413 e. The Hall–Kier alpha value is -11.7. The van der Waals surface area contributed by atoms with E-state index in [-0.39, 0.29) is 171 Å². The molecule has 1 aromatic heterocycles. The normalized spacial score (nSPS) is 25.6. The number of likely N-dealkylation sites (tertiary alicyclic amines) is 1. The van der Waals surface area contributed by atoms with Crippen molar-refractivity contribution in [1.29, 1.82) is 0 Å². The van der Waals surface area contributed by atoms with E-state index >= 15 is 19.2 Å². The molecule has 2 aromatic rings. The number of hydrogen-bond acceptors (Lipinski definition) is 22. The number of aromatic amines is 1. The first-order chi connectivity index (χ1) is 64.0. The zero-order valence-corrected chi connectivity index (χ0v) is 77.7. The Morgan fingerprint density at radius 3 is 1.91 bits per heavy atom. The average Bonchev–Trinajstić information content (AvgIpc) is 1.63. The van der Waals surface area contributed by atoms with Crippen LogP contribution in [0.15, 0.2) is 52.8 Å². The van der Waals surface area contributed by atoms with Gasteiger partial charge in [0.05, 0.1) is 19.5 Å². The minimum absolute atomic E-state index is 0.0325. The van der Waals surface area contributed by atoms with E-state index in [1.54, 1.807) is 44.2 Å². The molecular weight excluding hydrogens is 1750 g/mol. The number of fused-ring (bicyclic) bond motifs is 3. The van der Waals surface area contributed by atoms with Crippen molar-refractivity contribution in [1.82, 2.24) is 88.9 Å². The van der Waals surface area contributed by atoms with Crippen LogP contribution in [0, 0.1) is 65.1 Å². The van der Waals surface area contributed by atoms with Gasteiger partial charge < -0.3 is 106 Å². The van der Waals surface area contributed by atoms with E-state index in [1.807, 2.05) is 6.92 Å². The number of carboxylic acid groups (broad SMARTS) is 1. The van der Waals surface area contributed by atoms with Gasteiger partial charge in [0.15, 0.2) is 11.9 Å². The number of hydrogen-bond donors (Lipinski definition) is 18. The Labute approximate surface area is 782 Å². The first kappa shape index (κ1) is 103. The van der Waals surface area contributed by atoms with Crippen molar-refractivity contribution in [3.63, 3.8) is 0 Å². The molecule has 4 aliphatic carbocycles. The summed E-state index contributed by atoms with van der Waals surface area (Å²) in [6.45, 7) is 5.23. The third kappa shape index (κ3) is 32.9. The quantitative estimate of drug-likeness (QED) is 0.0142. The fourth-order valence-corrected chi connectivity index (χ4v) is 20.6. The monoisotopic (exact) mass is 1880 g/mol. The lowest BCUT2D eigenvalue weighted by molar-refractivity contribution is -0.142. The molecule has 16 atom stereocenters. The third-order valence-electron chi connectivity index (χ3n) is 25.6. The molecule has 4 saturated heterocycles. The predicted molar refractivity (Wildman–Crippen MR) is 495 cm³/mol. The zero-order chi connectivity index (χ0) is 95.5. The third-order valence-corrected chi connectivity index (χ3v) is 28.0.